The Balaban J connectivity index is 0.000000211. The molecule has 0 aliphatic heterocycles. The van der Waals surface area contributed by atoms with Crippen molar-refractivity contribution in [3.8, 4) is 0 Å². The van der Waals surface area contributed by atoms with E-state index in [9.17, 15) is 4.57 Å². The lowest BCUT2D eigenvalue weighted by molar-refractivity contribution is 0.351. The molecule has 0 N–H and O–H groups in total. The van der Waals surface area contributed by atoms with Gasteiger partial charge in [-0.2, -0.15) is 0 Å². The lowest BCUT2D eigenvalue weighted by Gasteiger charge is -2.08. The third kappa shape index (κ3) is 6.63. The van der Waals surface area contributed by atoms with Gasteiger partial charge in [-0.1, -0.05) is 26.0 Å². The topological polar surface area (TPSA) is 26.3 Å². The second-order valence-corrected chi connectivity index (χ2v) is 4.54. The summed E-state index contributed by atoms with van der Waals surface area (Å²) < 4.78 is 15.1. The van der Waals surface area contributed by atoms with E-state index in [2.05, 4.69) is 19.1 Å². The maximum Gasteiger partial charge on any atom is 0.191 e. The number of hydrogen-bond acceptors (Lipinski definition) is 2. The highest BCUT2D eigenvalue weighted by Crippen LogP contribution is 2.19. The zero-order valence-corrected chi connectivity index (χ0v) is 9.17. The van der Waals surface area contributed by atoms with Gasteiger partial charge in [0.1, 0.15) is 0 Å². The minimum Gasteiger partial charge on any atom is -0.331 e. The van der Waals surface area contributed by atoms with Crippen LogP contribution >= 0.6 is 8.03 Å². The summed E-state index contributed by atoms with van der Waals surface area (Å²) in [5, 5.41) is 0. The predicted molar refractivity (Wildman–Crippen MR) is 54.1 cm³/mol. The fraction of sp³-hybridized carbons (Fsp3) is 0.778. The molecule has 72 valence electrons. The normalized spacial score (nSPS) is 22.1. The molecule has 2 unspecified atom stereocenters. The summed E-state index contributed by atoms with van der Waals surface area (Å²) in [6, 6.07) is 0. The molecular formula is C9H19O2P. The molecule has 1 rings (SSSR count). The summed E-state index contributed by atoms with van der Waals surface area (Å²) >= 11 is 0. The standard InChI is InChI=1S/C5H8.C4H11O2P/c1-5-3-2-4-5;1-3-6-7(5)4-2/h2-3,5H,4H2,1H3;7H,3-4H2,1-2H3. The third-order valence-corrected chi connectivity index (χ3v) is 2.75. The van der Waals surface area contributed by atoms with Crippen LogP contribution in [0.5, 0.6) is 0 Å². The third-order valence-electron chi connectivity index (χ3n) is 1.57. The maximum atomic E-state index is 10.4. The molecule has 12 heavy (non-hydrogen) atoms. The molecule has 0 bridgehead atoms. The van der Waals surface area contributed by atoms with Crippen LogP contribution < -0.4 is 0 Å². The van der Waals surface area contributed by atoms with E-state index < -0.39 is 8.03 Å². The fourth-order valence-electron chi connectivity index (χ4n) is 0.671. The van der Waals surface area contributed by atoms with Crippen molar-refractivity contribution in [1.29, 1.82) is 0 Å². The molecule has 0 amide bonds. The summed E-state index contributed by atoms with van der Waals surface area (Å²) in [7, 11) is -1.63. The first-order valence-electron chi connectivity index (χ1n) is 4.53. The van der Waals surface area contributed by atoms with E-state index in [4.69, 9.17) is 4.52 Å². The monoisotopic (exact) mass is 190 g/mol. The Morgan fingerprint density at radius 2 is 2.08 bits per heavy atom. The molecule has 0 saturated heterocycles. The highest BCUT2D eigenvalue weighted by molar-refractivity contribution is 7.39. The Kier molecular flexibility index (Phi) is 7.53. The molecule has 0 saturated carbocycles. The van der Waals surface area contributed by atoms with Crippen molar-refractivity contribution in [2.75, 3.05) is 12.8 Å². The molecule has 0 radical (unpaired) electrons. The van der Waals surface area contributed by atoms with Crippen LogP contribution in [0.2, 0.25) is 0 Å². The van der Waals surface area contributed by atoms with Crippen LogP contribution in [-0.4, -0.2) is 12.8 Å². The summed E-state index contributed by atoms with van der Waals surface area (Å²) in [4.78, 5) is 0. The van der Waals surface area contributed by atoms with E-state index in [1.54, 1.807) is 0 Å². The Morgan fingerprint density at radius 1 is 1.58 bits per heavy atom. The van der Waals surface area contributed by atoms with E-state index in [0.29, 0.717) is 12.8 Å². The van der Waals surface area contributed by atoms with Gasteiger partial charge in [0.05, 0.1) is 6.61 Å². The van der Waals surface area contributed by atoms with Crippen LogP contribution in [0.3, 0.4) is 0 Å². The highest BCUT2D eigenvalue weighted by atomic mass is 31.1. The molecule has 0 aromatic rings. The minimum absolute atomic E-state index is 0.575. The van der Waals surface area contributed by atoms with Crippen LogP contribution in [-0.2, 0) is 9.09 Å². The van der Waals surface area contributed by atoms with Crippen molar-refractivity contribution in [2.45, 2.75) is 27.2 Å². The van der Waals surface area contributed by atoms with Gasteiger partial charge in [0, 0.05) is 6.16 Å². The Hall–Kier alpha value is -0.0700. The Labute approximate surface area is 75.9 Å². The smallest absolute Gasteiger partial charge is 0.191 e. The van der Waals surface area contributed by atoms with Gasteiger partial charge in [0.2, 0.25) is 0 Å². The molecule has 0 aromatic carbocycles. The molecule has 0 aromatic heterocycles. The molecular weight excluding hydrogens is 171 g/mol. The quantitative estimate of drug-likeness (QED) is 0.505. The summed E-state index contributed by atoms with van der Waals surface area (Å²) in [6.07, 6.45) is 6.39. The van der Waals surface area contributed by atoms with Crippen molar-refractivity contribution >= 4 is 8.03 Å². The van der Waals surface area contributed by atoms with Crippen LogP contribution in [0.4, 0.5) is 0 Å². The first kappa shape index (κ1) is 11.9. The molecule has 1 aliphatic rings. The van der Waals surface area contributed by atoms with E-state index >= 15 is 0 Å². The van der Waals surface area contributed by atoms with Crippen LogP contribution in [0.25, 0.3) is 0 Å². The first-order valence-corrected chi connectivity index (χ1v) is 6.05. The number of rotatable bonds is 3. The molecule has 0 heterocycles. The highest BCUT2D eigenvalue weighted by Gasteiger charge is 1.98. The maximum absolute atomic E-state index is 10.4. The summed E-state index contributed by atoms with van der Waals surface area (Å²) in [5.41, 5.74) is 0. The second kappa shape index (κ2) is 7.57. The van der Waals surface area contributed by atoms with E-state index in [0.717, 1.165) is 5.92 Å². The zero-order valence-electron chi connectivity index (χ0n) is 8.17. The first-order chi connectivity index (χ1) is 5.70. The molecule has 1 aliphatic carbocycles. The van der Waals surface area contributed by atoms with Gasteiger partial charge in [0.15, 0.2) is 8.03 Å². The van der Waals surface area contributed by atoms with E-state index in [1.165, 1.54) is 6.42 Å². The van der Waals surface area contributed by atoms with Gasteiger partial charge in [-0.25, -0.2) is 0 Å². The molecule has 0 spiro atoms. The van der Waals surface area contributed by atoms with Gasteiger partial charge < -0.3 is 4.52 Å². The lowest BCUT2D eigenvalue weighted by atomic mass is 9.98. The van der Waals surface area contributed by atoms with Crippen LogP contribution in [0, 0.1) is 5.92 Å². The number of hydrogen-bond donors (Lipinski definition) is 0. The SMILES string of the molecule is CC1C=CC1.CCO[PH](=O)CC. The average molecular weight is 190 g/mol. The Morgan fingerprint density at radius 3 is 2.17 bits per heavy atom. The molecule has 3 heteroatoms. The van der Waals surface area contributed by atoms with E-state index in [-0.39, 0.29) is 0 Å². The van der Waals surface area contributed by atoms with E-state index in [1.807, 2.05) is 13.8 Å². The molecule has 2 atom stereocenters. The average Bonchev–Trinajstić information content (AvgIpc) is 2.02. The van der Waals surface area contributed by atoms with Gasteiger partial charge in [-0.15, -0.1) is 0 Å². The fourth-order valence-corrected chi connectivity index (χ4v) is 1.20. The number of allylic oxidation sites excluding steroid dienone is 2. The zero-order chi connectivity index (χ0) is 9.40. The van der Waals surface area contributed by atoms with Crippen molar-refractivity contribution in [1.82, 2.24) is 0 Å². The lowest BCUT2D eigenvalue weighted by Crippen LogP contribution is -1.93. The van der Waals surface area contributed by atoms with Crippen molar-refractivity contribution in [3.05, 3.63) is 12.2 Å². The minimum atomic E-state index is -1.63. The summed E-state index contributed by atoms with van der Waals surface area (Å²) in [5.74, 6) is 0.884. The van der Waals surface area contributed by atoms with Crippen molar-refractivity contribution < 1.29 is 9.09 Å². The Bertz CT molecular complexity index is 155. The predicted octanol–water partition coefficient (Wildman–Crippen LogP) is 3.10. The van der Waals surface area contributed by atoms with Gasteiger partial charge in [-0.3, -0.25) is 4.57 Å². The van der Waals surface area contributed by atoms with Gasteiger partial charge in [-0.05, 0) is 19.3 Å². The molecule has 2 nitrogen and oxygen atoms in total. The second-order valence-electron chi connectivity index (χ2n) is 2.80. The molecule has 0 fully saturated rings. The van der Waals surface area contributed by atoms with Crippen LogP contribution in [0.15, 0.2) is 12.2 Å². The van der Waals surface area contributed by atoms with Crippen molar-refractivity contribution in [3.63, 3.8) is 0 Å². The van der Waals surface area contributed by atoms with Crippen molar-refractivity contribution in [2.24, 2.45) is 5.92 Å². The van der Waals surface area contributed by atoms with Gasteiger partial charge in [0.25, 0.3) is 0 Å². The summed E-state index contributed by atoms with van der Waals surface area (Å²) in [6.45, 7) is 6.50. The largest absolute Gasteiger partial charge is 0.331 e. The van der Waals surface area contributed by atoms with Gasteiger partial charge >= 0.3 is 0 Å². The van der Waals surface area contributed by atoms with Crippen LogP contribution in [0.1, 0.15) is 27.2 Å².